The van der Waals surface area contributed by atoms with Gasteiger partial charge in [-0.05, 0) is 17.7 Å². The first-order chi connectivity index (χ1) is 18.1. The van der Waals surface area contributed by atoms with Crippen LogP contribution in [0.3, 0.4) is 0 Å². The standard InChI is InChI=1S/C25H29B2FN4O6/c26-19-16(11-31-6-8-38-9-7-31)21(28)14(22(34)20(19)27)10-29-17-3-1-2-13-15(17)12-32(23(13)35)25(37)5-4-18(33)30-24(25)36/h1-3,29,34,37H,4-12,26-27H2,(H,30,33,36). The third-order valence-corrected chi connectivity index (χ3v) is 7.86. The number of hydrogen-bond donors (Lipinski definition) is 4. The topological polar surface area (TPSA) is 131 Å². The minimum Gasteiger partial charge on any atom is -0.508 e. The van der Waals surface area contributed by atoms with Crippen LogP contribution in [0.25, 0.3) is 0 Å². The van der Waals surface area contributed by atoms with Gasteiger partial charge in [0.05, 0.1) is 19.8 Å². The van der Waals surface area contributed by atoms with E-state index in [4.69, 9.17) is 4.74 Å². The summed E-state index contributed by atoms with van der Waals surface area (Å²) in [7, 11) is 3.56. The zero-order chi connectivity index (χ0) is 27.2. The van der Waals surface area contributed by atoms with Gasteiger partial charge in [-0.2, -0.15) is 0 Å². The number of carbonyl (C=O) groups excluding carboxylic acids is 3. The summed E-state index contributed by atoms with van der Waals surface area (Å²) in [6.07, 6.45) is -0.292. The van der Waals surface area contributed by atoms with Crippen molar-refractivity contribution in [3.05, 3.63) is 46.3 Å². The molecule has 0 spiro atoms. The molecule has 3 heterocycles. The van der Waals surface area contributed by atoms with E-state index in [2.05, 4.69) is 15.5 Å². The molecule has 2 aromatic carbocycles. The number of aromatic hydroxyl groups is 1. The van der Waals surface area contributed by atoms with Crippen molar-refractivity contribution in [1.82, 2.24) is 15.1 Å². The number of nitrogens with one attached hydrogen (secondary N) is 2. The van der Waals surface area contributed by atoms with Crippen LogP contribution in [-0.2, 0) is 34.0 Å². The molecule has 0 radical (unpaired) electrons. The third kappa shape index (κ3) is 4.44. The maximum atomic E-state index is 15.8. The van der Waals surface area contributed by atoms with Gasteiger partial charge in [-0.3, -0.25) is 29.5 Å². The summed E-state index contributed by atoms with van der Waals surface area (Å²) in [5, 5.41) is 27.1. The van der Waals surface area contributed by atoms with Crippen molar-refractivity contribution in [2.24, 2.45) is 0 Å². The van der Waals surface area contributed by atoms with Crippen LogP contribution >= 0.6 is 0 Å². The summed E-state index contributed by atoms with van der Waals surface area (Å²) in [6, 6.07) is 4.96. The number of imide groups is 1. The highest BCUT2D eigenvalue weighted by Crippen LogP contribution is 2.36. The van der Waals surface area contributed by atoms with Gasteiger partial charge in [0.2, 0.25) is 11.6 Å². The molecule has 3 amide bonds. The number of nitrogens with zero attached hydrogens (tertiary/aromatic N) is 2. The van der Waals surface area contributed by atoms with E-state index in [9.17, 15) is 24.6 Å². The lowest BCUT2D eigenvalue weighted by molar-refractivity contribution is -0.167. The van der Waals surface area contributed by atoms with E-state index >= 15 is 4.39 Å². The number of aliphatic hydroxyl groups is 1. The first-order valence-electron chi connectivity index (χ1n) is 12.7. The quantitative estimate of drug-likeness (QED) is 0.244. The average Bonchev–Trinajstić information content (AvgIpc) is 3.26. The number of ether oxygens (including phenoxy) is 1. The fourth-order valence-corrected chi connectivity index (χ4v) is 5.34. The Hall–Kier alpha value is -3.41. The Kier molecular flexibility index (Phi) is 6.93. The Morgan fingerprint density at radius 3 is 2.58 bits per heavy atom. The molecule has 0 aromatic heterocycles. The van der Waals surface area contributed by atoms with E-state index in [0.717, 1.165) is 4.90 Å². The van der Waals surface area contributed by atoms with Crippen LogP contribution in [-0.4, -0.2) is 85.5 Å². The van der Waals surface area contributed by atoms with Crippen molar-refractivity contribution in [2.75, 3.05) is 31.6 Å². The smallest absolute Gasteiger partial charge is 0.279 e. The third-order valence-electron chi connectivity index (χ3n) is 7.86. The van der Waals surface area contributed by atoms with Crippen molar-refractivity contribution >= 4 is 50.0 Å². The highest BCUT2D eigenvalue weighted by molar-refractivity contribution is 6.50. The lowest BCUT2D eigenvalue weighted by Crippen LogP contribution is -2.63. The van der Waals surface area contributed by atoms with Gasteiger partial charge in [0.15, 0.2) is 0 Å². The van der Waals surface area contributed by atoms with Crippen molar-refractivity contribution < 1.29 is 33.7 Å². The Morgan fingerprint density at radius 2 is 1.87 bits per heavy atom. The number of piperidine rings is 1. The van der Waals surface area contributed by atoms with Gasteiger partial charge in [0.1, 0.15) is 27.3 Å². The molecule has 38 heavy (non-hydrogen) atoms. The van der Waals surface area contributed by atoms with Gasteiger partial charge in [0.25, 0.3) is 11.8 Å². The maximum absolute atomic E-state index is 15.8. The van der Waals surface area contributed by atoms with E-state index in [-0.39, 0.29) is 37.2 Å². The van der Waals surface area contributed by atoms with E-state index in [1.165, 1.54) is 0 Å². The molecule has 2 saturated heterocycles. The molecule has 1 atom stereocenters. The fourth-order valence-electron chi connectivity index (χ4n) is 5.34. The second-order valence-corrected chi connectivity index (χ2v) is 10.0. The number of halogens is 1. The minimum absolute atomic E-state index is 0.0429. The first-order valence-corrected chi connectivity index (χ1v) is 12.7. The van der Waals surface area contributed by atoms with Crippen LogP contribution in [0.2, 0.25) is 0 Å². The van der Waals surface area contributed by atoms with Crippen molar-refractivity contribution in [3.8, 4) is 5.75 Å². The number of fused-ring (bicyclic) bond motifs is 1. The molecule has 1 unspecified atom stereocenters. The number of phenols is 1. The number of anilines is 1. The lowest BCUT2D eigenvalue weighted by atomic mass is 9.75. The molecule has 13 heteroatoms. The zero-order valence-corrected chi connectivity index (χ0v) is 21.4. The molecule has 5 rings (SSSR count). The predicted molar refractivity (Wildman–Crippen MR) is 141 cm³/mol. The van der Waals surface area contributed by atoms with Crippen LogP contribution in [0.1, 0.15) is 39.9 Å². The second-order valence-electron chi connectivity index (χ2n) is 10.0. The number of hydrogen-bond acceptors (Lipinski definition) is 8. The van der Waals surface area contributed by atoms with Crippen LogP contribution in [0.4, 0.5) is 10.1 Å². The number of morpholine rings is 1. The Balaban J connectivity index is 1.40. The second kappa shape index (κ2) is 10.0. The Bertz CT molecular complexity index is 1340. The van der Waals surface area contributed by atoms with Gasteiger partial charge in [-0.25, -0.2) is 4.39 Å². The molecule has 198 valence electrons. The molecule has 0 saturated carbocycles. The van der Waals surface area contributed by atoms with Crippen molar-refractivity contribution in [1.29, 1.82) is 0 Å². The summed E-state index contributed by atoms with van der Waals surface area (Å²) in [4.78, 5) is 40.3. The maximum Gasteiger partial charge on any atom is 0.279 e. The Morgan fingerprint density at radius 1 is 1.13 bits per heavy atom. The largest absolute Gasteiger partial charge is 0.508 e. The number of rotatable bonds is 6. The number of benzene rings is 2. The van der Waals surface area contributed by atoms with Crippen LogP contribution in [0, 0.1) is 5.82 Å². The van der Waals surface area contributed by atoms with Crippen molar-refractivity contribution in [2.45, 2.75) is 38.2 Å². The summed E-state index contributed by atoms with van der Waals surface area (Å²) in [5.41, 5.74) is 1.16. The number of phenolic OH excluding ortho intramolecular Hbond substituents is 1. The van der Waals surface area contributed by atoms with E-state index < -0.39 is 29.3 Å². The summed E-state index contributed by atoms with van der Waals surface area (Å²) in [5.74, 6) is -2.58. The molecule has 2 aromatic rings. The molecule has 4 N–H and O–H groups in total. The van der Waals surface area contributed by atoms with E-state index in [0.29, 0.717) is 66.2 Å². The van der Waals surface area contributed by atoms with E-state index in [1.807, 2.05) is 0 Å². The average molecular weight is 522 g/mol. The minimum atomic E-state index is -2.14. The van der Waals surface area contributed by atoms with Crippen LogP contribution in [0.5, 0.6) is 5.75 Å². The normalized spacial score (nSPS) is 21.9. The zero-order valence-electron chi connectivity index (χ0n) is 21.4. The van der Waals surface area contributed by atoms with E-state index in [1.54, 1.807) is 33.9 Å². The molecule has 3 aliphatic heterocycles. The molecule has 0 bridgehead atoms. The van der Waals surface area contributed by atoms with Crippen LogP contribution in [0.15, 0.2) is 18.2 Å². The summed E-state index contributed by atoms with van der Waals surface area (Å²) < 4.78 is 21.2. The number of amides is 3. The highest BCUT2D eigenvalue weighted by atomic mass is 19.1. The van der Waals surface area contributed by atoms with Gasteiger partial charge >= 0.3 is 0 Å². The molecule has 10 nitrogen and oxygen atoms in total. The van der Waals surface area contributed by atoms with Crippen LogP contribution < -0.4 is 21.6 Å². The molecule has 2 fully saturated rings. The molecule has 3 aliphatic rings. The predicted octanol–water partition coefficient (Wildman–Crippen LogP) is -2.43. The van der Waals surface area contributed by atoms with Gasteiger partial charge in [-0.15, -0.1) is 0 Å². The van der Waals surface area contributed by atoms with Crippen molar-refractivity contribution in [3.63, 3.8) is 0 Å². The number of carbonyl (C=O) groups is 3. The first kappa shape index (κ1) is 26.2. The fraction of sp³-hybridized carbons (Fsp3) is 0.400. The Labute approximate surface area is 220 Å². The van der Waals surface area contributed by atoms with Gasteiger partial charge < -0.3 is 20.3 Å². The monoisotopic (exact) mass is 522 g/mol. The highest BCUT2D eigenvalue weighted by Gasteiger charge is 2.51. The summed E-state index contributed by atoms with van der Waals surface area (Å²) in [6.45, 7) is 2.87. The van der Waals surface area contributed by atoms with Gasteiger partial charge in [-0.1, -0.05) is 17.0 Å². The SMILES string of the molecule is Bc1c(B)c(CN2CCOCC2)c(F)c(CNc2cccc3c2CN(C2(O)CCC(=O)NC2=O)C3=O)c1O. The lowest BCUT2D eigenvalue weighted by Gasteiger charge is -2.37. The molecular weight excluding hydrogens is 493 g/mol. The molecular formula is C25H29B2FN4O6. The summed E-state index contributed by atoms with van der Waals surface area (Å²) >= 11 is 0. The molecule has 0 aliphatic carbocycles. The van der Waals surface area contributed by atoms with Gasteiger partial charge in [0, 0.05) is 61.4 Å².